The van der Waals surface area contributed by atoms with E-state index in [4.69, 9.17) is 4.74 Å². The van der Waals surface area contributed by atoms with Crippen LogP contribution in [0.25, 0.3) is 0 Å². The van der Waals surface area contributed by atoms with Crippen LogP contribution in [0.3, 0.4) is 0 Å². The molecular formula is C12H18N2O5S2. The predicted octanol–water partition coefficient (Wildman–Crippen LogP) is -0.0528. The lowest BCUT2D eigenvalue weighted by Crippen LogP contribution is -2.36. The van der Waals surface area contributed by atoms with Crippen LogP contribution in [0.1, 0.15) is 19.6 Å². The number of aromatic amines is 1. The number of aromatic nitrogens is 2. The van der Waals surface area contributed by atoms with Gasteiger partial charge in [0.1, 0.15) is 6.10 Å². The summed E-state index contributed by atoms with van der Waals surface area (Å²) >= 11 is 0. The molecule has 1 aromatic rings. The van der Waals surface area contributed by atoms with Gasteiger partial charge in [-0.2, -0.15) is 0 Å². The molecule has 21 heavy (non-hydrogen) atoms. The molecule has 2 rings (SSSR count). The predicted molar refractivity (Wildman–Crippen MR) is 82.5 cm³/mol. The minimum Gasteiger partial charge on any atom is -0.394 e. The molecule has 118 valence electrons. The van der Waals surface area contributed by atoms with E-state index in [0.29, 0.717) is 0 Å². The average Bonchev–Trinajstić information content (AvgIpc) is 2.76. The van der Waals surface area contributed by atoms with E-state index in [1.807, 2.05) is 0 Å². The van der Waals surface area contributed by atoms with Crippen LogP contribution in [0.4, 0.5) is 0 Å². The summed E-state index contributed by atoms with van der Waals surface area (Å²) in [6.07, 6.45) is -0.0118. The summed E-state index contributed by atoms with van der Waals surface area (Å²) in [5.74, 6) is 0.908. The Morgan fingerprint density at radius 1 is 1.48 bits per heavy atom. The number of H-pyrrole nitrogens is 1. The van der Waals surface area contributed by atoms with Gasteiger partial charge in [0.15, 0.2) is 6.23 Å². The minimum atomic E-state index is -0.881. The number of aliphatic hydroxyl groups excluding tert-OH is 2. The first-order valence-electron chi connectivity index (χ1n) is 6.62. The SMILES string of the molecule is CCCSSC1C(O)[C@@H](CO)O[C@H]1n1ccc(=O)[nH]c1=O. The Kier molecular flexibility index (Phi) is 5.94. The maximum Gasteiger partial charge on any atom is 0.330 e. The fraction of sp³-hybridized carbons (Fsp3) is 0.667. The first-order chi connectivity index (χ1) is 10.1. The van der Waals surface area contributed by atoms with Crippen molar-refractivity contribution in [2.75, 3.05) is 12.4 Å². The summed E-state index contributed by atoms with van der Waals surface area (Å²) in [7, 11) is 3.01. The lowest BCUT2D eigenvalue weighted by molar-refractivity contribution is -0.0457. The summed E-state index contributed by atoms with van der Waals surface area (Å²) in [6.45, 7) is 1.72. The third-order valence-corrected chi connectivity index (χ3v) is 6.10. The first kappa shape index (κ1) is 16.6. The third kappa shape index (κ3) is 3.72. The molecular weight excluding hydrogens is 316 g/mol. The standard InChI is InChI=1S/C12H18N2O5S2/c1-2-5-20-21-10-9(17)7(6-15)19-11(10)14-4-3-8(16)13-12(14)18/h3-4,7,9-11,15,17H,2,5-6H2,1H3,(H,13,16,18)/t7-,9?,10?,11-/m1/s1. The molecule has 1 aliphatic rings. The first-order valence-corrected chi connectivity index (χ1v) is 9.00. The Hall–Kier alpha value is -0.740. The van der Waals surface area contributed by atoms with Crippen LogP contribution in [-0.4, -0.2) is 49.6 Å². The zero-order valence-corrected chi connectivity index (χ0v) is 13.1. The second-order valence-corrected chi connectivity index (χ2v) is 7.30. The van der Waals surface area contributed by atoms with Crippen molar-refractivity contribution in [1.82, 2.24) is 9.55 Å². The van der Waals surface area contributed by atoms with Crippen molar-refractivity contribution in [3.63, 3.8) is 0 Å². The maximum atomic E-state index is 11.9. The minimum absolute atomic E-state index is 0.328. The van der Waals surface area contributed by atoms with Gasteiger partial charge in [-0.15, -0.1) is 0 Å². The van der Waals surface area contributed by atoms with Crippen LogP contribution in [0.15, 0.2) is 21.9 Å². The number of aliphatic hydroxyl groups is 2. The van der Waals surface area contributed by atoms with E-state index in [0.717, 1.165) is 12.2 Å². The number of hydrogen-bond donors (Lipinski definition) is 3. The van der Waals surface area contributed by atoms with E-state index in [-0.39, 0.29) is 6.61 Å². The van der Waals surface area contributed by atoms with Gasteiger partial charge < -0.3 is 14.9 Å². The van der Waals surface area contributed by atoms with Gasteiger partial charge in [0.2, 0.25) is 0 Å². The molecule has 1 aliphatic heterocycles. The van der Waals surface area contributed by atoms with Crippen LogP contribution < -0.4 is 11.2 Å². The average molecular weight is 334 g/mol. The fourth-order valence-electron chi connectivity index (χ4n) is 2.03. The molecule has 0 spiro atoms. The molecule has 1 fully saturated rings. The van der Waals surface area contributed by atoms with Crippen molar-refractivity contribution >= 4 is 21.6 Å². The highest BCUT2D eigenvalue weighted by Gasteiger charge is 2.45. The molecule has 0 bridgehead atoms. The van der Waals surface area contributed by atoms with Gasteiger partial charge in [-0.1, -0.05) is 28.5 Å². The Morgan fingerprint density at radius 2 is 2.24 bits per heavy atom. The Morgan fingerprint density at radius 3 is 2.86 bits per heavy atom. The summed E-state index contributed by atoms with van der Waals surface area (Å²) in [6, 6.07) is 1.23. The van der Waals surface area contributed by atoms with E-state index >= 15 is 0 Å². The van der Waals surface area contributed by atoms with Crippen molar-refractivity contribution in [3.05, 3.63) is 33.1 Å². The van der Waals surface area contributed by atoms with Gasteiger partial charge in [-0.25, -0.2) is 4.79 Å². The van der Waals surface area contributed by atoms with Crippen molar-refractivity contribution < 1.29 is 14.9 Å². The van der Waals surface area contributed by atoms with Gasteiger partial charge in [-0.05, 0) is 6.42 Å². The van der Waals surface area contributed by atoms with Crippen molar-refractivity contribution in [2.45, 2.75) is 37.0 Å². The van der Waals surface area contributed by atoms with Gasteiger partial charge in [0.25, 0.3) is 5.56 Å². The Labute approximate surface area is 129 Å². The highest BCUT2D eigenvalue weighted by atomic mass is 33.1. The molecule has 3 N–H and O–H groups in total. The molecule has 1 saturated heterocycles. The second-order valence-electron chi connectivity index (χ2n) is 4.64. The topological polar surface area (TPSA) is 105 Å². The molecule has 0 aromatic carbocycles. The number of rotatable bonds is 6. The zero-order chi connectivity index (χ0) is 15.4. The molecule has 1 aromatic heterocycles. The summed E-state index contributed by atoms with van der Waals surface area (Å²) in [4.78, 5) is 25.2. The molecule has 2 heterocycles. The lowest BCUT2D eigenvalue weighted by Gasteiger charge is -2.20. The number of nitrogens with zero attached hydrogens (tertiary/aromatic N) is 1. The summed E-state index contributed by atoms with van der Waals surface area (Å²) in [5.41, 5.74) is -1.08. The molecule has 9 heteroatoms. The van der Waals surface area contributed by atoms with E-state index in [1.165, 1.54) is 27.6 Å². The smallest absolute Gasteiger partial charge is 0.330 e. The Bertz CT molecular complexity index is 575. The number of hydrogen-bond acceptors (Lipinski definition) is 7. The largest absolute Gasteiger partial charge is 0.394 e. The summed E-state index contributed by atoms with van der Waals surface area (Å²) < 4.78 is 6.82. The van der Waals surface area contributed by atoms with Crippen LogP contribution in [-0.2, 0) is 4.74 Å². The number of nitrogens with one attached hydrogen (secondary N) is 1. The normalized spacial score (nSPS) is 28.9. The third-order valence-electron chi connectivity index (χ3n) is 3.08. The van der Waals surface area contributed by atoms with E-state index < -0.39 is 34.9 Å². The van der Waals surface area contributed by atoms with Crippen LogP contribution in [0.5, 0.6) is 0 Å². The molecule has 0 radical (unpaired) electrons. The van der Waals surface area contributed by atoms with Gasteiger partial charge >= 0.3 is 5.69 Å². The monoisotopic (exact) mass is 334 g/mol. The molecule has 2 unspecified atom stereocenters. The van der Waals surface area contributed by atoms with Gasteiger partial charge in [0, 0.05) is 18.0 Å². The van der Waals surface area contributed by atoms with E-state index in [2.05, 4.69) is 11.9 Å². The maximum absolute atomic E-state index is 11.9. The van der Waals surface area contributed by atoms with Crippen molar-refractivity contribution in [1.29, 1.82) is 0 Å². The summed E-state index contributed by atoms with van der Waals surface area (Å²) in [5, 5.41) is 19.1. The lowest BCUT2D eigenvalue weighted by atomic mass is 10.2. The van der Waals surface area contributed by atoms with Crippen LogP contribution in [0, 0.1) is 0 Å². The van der Waals surface area contributed by atoms with Gasteiger partial charge in [0.05, 0.1) is 18.0 Å². The van der Waals surface area contributed by atoms with Crippen LogP contribution in [0.2, 0.25) is 0 Å². The molecule has 7 nitrogen and oxygen atoms in total. The van der Waals surface area contributed by atoms with Gasteiger partial charge in [-0.3, -0.25) is 14.3 Å². The molecule has 4 atom stereocenters. The zero-order valence-electron chi connectivity index (χ0n) is 11.5. The molecule has 0 saturated carbocycles. The highest BCUT2D eigenvalue weighted by molar-refractivity contribution is 8.77. The fourth-order valence-corrected chi connectivity index (χ4v) is 4.92. The Balaban J connectivity index is 2.25. The van der Waals surface area contributed by atoms with E-state index in [1.54, 1.807) is 10.8 Å². The molecule has 0 aliphatic carbocycles. The number of ether oxygens (including phenoxy) is 1. The van der Waals surface area contributed by atoms with Crippen LogP contribution >= 0.6 is 21.6 Å². The van der Waals surface area contributed by atoms with Crippen molar-refractivity contribution in [3.8, 4) is 0 Å². The second kappa shape index (κ2) is 7.50. The quantitative estimate of drug-likeness (QED) is 0.495. The van der Waals surface area contributed by atoms with E-state index in [9.17, 15) is 19.8 Å². The highest BCUT2D eigenvalue weighted by Crippen LogP contribution is 2.42. The molecule has 0 amide bonds. The van der Waals surface area contributed by atoms with Crippen molar-refractivity contribution in [2.24, 2.45) is 0 Å².